The molecule has 1 aliphatic rings. The van der Waals surface area contributed by atoms with Crippen molar-refractivity contribution >= 4 is 28.5 Å². The van der Waals surface area contributed by atoms with Gasteiger partial charge < -0.3 is 9.47 Å². The number of amides is 1. The number of pyridine rings is 1. The molecule has 0 saturated carbocycles. The number of carbonyl (C=O) groups is 1. The number of rotatable bonds is 3. The molecule has 1 aromatic carbocycles. The smallest absolute Gasteiger partial charge is 0.242 e. The van der Waals surface area contributed by atoms with Gasteiger partial charge in [-0.05, 0) is 18.2 Å². The van der Waals surface area contributed by atoms with E-state index >= 15 is 0 Å². The van der Waals surface area contributed by atoms with Gasteiger partial charge in [0.1, 0.15) is 18.2 Å². The van der Waals surface area contributed by atoms with Crippen molar-refractivity contribution in [3.63, 3.8) is 0 Å². The molecule has 4 rings (SSSR count). The van der Waals surface area contributed by atoms with Crippen LogP contribution < -0.4 is 0 Å². The van der Waals surface area contributed by atoms with Crippen molar-refractivity contribution in [3.8, 4) is 11.1 Å². The Kier molecular flexibility index (Phi) is 4.30. The lowest BCUT2D eigenvalue weighted by atomic mass is 10.1. The SMILES string of the molecule is O=C(Cn1cc(Cl)c2ncc(-c3ccc(F)c(F)c3F)cc21)N1CC(F)C1. The fourth-order valence-electron chi connectivity index (χ4n) is 3.02. The van der Waals surface area contributed by atoms with Gasteiger partial charge >= 0.3 is 0 Å². The first-order chi connectivity index (χ1) is 12.8. The van der Waals surface area contributed by atoms with Gasteiger partial charge in [0, 0.05) is 23.5 Å². The first-order valence-corrected chi connectivity index (χ1v) is 8.43. The summed E-state index contributed by atoms with van der Waals surface area (Å²) in [6.45, 7) is 0.00596. The summed E-state index contributed by atoms with van der Waals surface area (Å²) < 4.78 is 55.2. The van der Waals surface area contributed by atoms with Gasteiger partial charge in [-0.1, -0.05) is 11.6 Å². The molecule has 1 saturated heterocycles. The van der Waals surface area contributed by atoms with E-state index in [4.69, 9.17) is 11.6 Å². The summed E-state index contributed by atoms with van der Waals surface area (Å²) in [6.07, 6.45) is 1.78. The minimum Gasteiger partial charge on any atom is -0.335 e. The van der Waals surface area contributed by atoms with E-state index in [1.54, 1.807) is 0 Å². The minimum absolute atomic E-state index is 0.0509. The van der Waals surface area contributed by atoms with Crippen molar-refractivity contribution in [3.05, 3.63) is 53.1 Å². The Morgan fingerprint density at radius 2 is 1.96 bits per heavy atom. The van der Waals surface area contributed by atoms with Crippen molar-refractivity contribution in [1.82, 2.24) is 14.5 Å². The monoisotopic (exact) mass is 397 g/mol. The van der Waals surface area contributed by atoms with Gasteiger partial charge in [0.15, 0.2) is 17.5 Å². The highest BCUT2D eigenvalue weighted by Crippen LogP contribution is 2.31. The maximum absolute atomic E-state index is 14.1. The lowest BCUT2D eigenvalue weighted by Gasteiger charge is -2.34. The number of likely N-dealkylation sites (tertiary alicyclic amines) is 1. The number of fused-ring (bicyclic) bond motifs is 1. The average Bonchev–Trinajstić information content (AvgIpc) is 2.92. The second kappa shape index (κ2) is 6.53. The highest BCUT2D eigenvalue weighted by atomic mass is 35.5. The Morgan fingerprint density at radius 3 is 2.67 bits per heavy atom. The van der Waals surface area contributed by atoms with E-state index in [9.17, 15) is 22.4 Å². The molecule has 140 valence electrons. The van der Waals surface area contributed by atoms with E-state index in [1.807, 2.05) is 0 Å². The summed E-state index contributed by atoms with van der Waals surface area (Å²) in [6, 6.07) is 3.42. The van der Waals surface area contributed by atoms with Crippen LogP contribution in [0.2, 0.25) is 5.02 Å². The van der Waals surface area contributed by atoms with Crippen molar-refractivity contribution in [2.24, 2.45) is 0 Å². The lowest BCUT2D eigenvalue weighted by molar-refractivity contribution is -0.138. The second-order valence-electron chi connectivity index (χ2n) is 6.32. The molecule has 0 atom stereocenters. The molecule has 1 amide bonds. The van der Waals surface area contributed by atoms with Crippen LogP contribution in [0.4, 0.5) is 17.6 Å². The molecule has 0 N–H and O–H groups in total. The molecular weight excluding hydrogens is 386 g/mol. The zero-order valence-electron chi connectivity index (χ0n) is 13.7. The topological polar surface area (TPSA) is 38.1 Å². The Labute approximate surface area is 156 Å². The number of halogens is 5. The summed E-state index contributed by atoms with van der Waals surface area (Å²) in [7, 11) is 0. The summed E-state index contributed by atoms with van der Waals surface area (Å²) in [5, 5.41) is 0.280. The predicted octanol–water partition coefficient (Wildman–Crippen LogP) is 3.95. The van der Waals surface area contributed by atoms with Gasteiger partial charge in [-0.3, -0.25) is 9.78 Å². The van der Waals surface area contributed by atoms with Gasteiger partial charge in [0.25, 0.3) is 0 Å². The largest absolute Gasteiger partial charge is 0.335 e. The number of carbonyl (C=O) groups excluding carboxylic acids is 1. The molecule has 0 bridgehead atoms. The molecule has 4 nitrogen and oxygen atoms in total. The third-order valence-corrected chi connectivity index (χ3v) is 4.79. The number of nitrogens with zero attached hydrogens (tertiary/aromatic N) is 3. The van der Waals surface area contributed by atoms with E-state index in [-0.39, 0.29) is 41.7 Å². The van der Waals surface area contributed by atoms with E-state index in [1.165, 1.54) is 27.9 Å². The molecule has 1 fully saturated rings. The summed E-state index contributed by atoms with van der Waals surface area (Å²) in [4.78, 5) is 17.7. The maximum atomic E-state index is 14.1. The molecule has 0 radical (unpaired) electrons. The van der Waals surface area contributed by atoms with E-state index in [0.717, 1.165) is 12.1 Å². The Bertz CT molecular complexity index is 1060. The molecule has 27 heavy (non-hydrogen) atoms. The molecular formula is C18H12ClF4N3O. The van der Waals surface area contributed by atoms with Crippen LogP contribution in [0.3, 0.4) is 0 Å². The number of hydrogen-bond acceptors (Lipinski definition) is 2. The van der Waals surface area contributed by atoms with Crippen LogP contribution in [0, 0.1) is 17.5 Å². The lowest BCUT2D eigenvalue weighted by Crippen LogP contribution is -2.52. The van der Waals surface area contributed by atoms with Crippen molar-refractivity contribution < 1.29 is 22.4 Å². The summed E-state index contributed by atoms with van der Waals surface area (Å²) >= 11 is 6.14. The molecule has 0 unspecified atom stereocenters. The summed E-state index contributed by atoms with van der Waals surface area (Å²) in [5.41, 5.74) is 0.840. The van der Waals surface area contributed by atoms with Crippen LogP contribution in [0.5, 0.6) is 0 Å². The molecule has 1 aliphatic heterocycles. The number of hydrogen-bond donors (Lipinski definition) is 0. The predicted molar refractivity (Wildman–Crippen MR) is 91.5 cm³/mol. The molecule has 2 aromatic heterocycles. The van der Waals surface area contributed by atoms with Gasteiger partial charge in [-0.15, -0.1) is 0 Å². The third-order valence-electron chi connectivity index (χ3n) is 4.51. The second-order valence-corrected chi connectivity index (χ2v) is 6.72. The number of aromatic nitrogens is 2. The fourth-order valence-corrected chi connectivity index (χ4v) is 3.29. The Hall–Kier alpha value is -2.61. The first-order valence-electron chi connectivity index (χ1n) is 8.05. The molecule has 0 spiro atoms. The standard InChI is InChI=1S/C18H12ClF4N3O/c19-12-7-25(8-15(27)26-5-10(20)6-26)14-3-9(4-24-18(12)14)11-1-2-13(21)17(23)16(11)22/h1-4,7,10H,5-6,8H2. The minimum atomic E-state index is -1.57. The van der Waals surface area contributed by atoms with Gasteiger partial charge in [-0.25, -0.2) is 17.6 Å². The highest BCUT2D eigenvalue weighted by molar-refractivity contribution is 6.35. The normalized spacial score (nSPS) is 14.6. The van der Waals surface area contributed by atoms with Gasteiger partial charge in [0.2, 0.25) is 5.91 Å². The Balaban J connectivity index is 1.73. The van der Waals surface area contributed by atoms with Crippen molar-refractivity contribution in [2.75, 3.05) is 13.1 Å². The maximum Gasteiger partial charge on any atom is 0.242 e. The zero-order valence-corrected chi connectivity index (χ0v) is 14.5. The average molecular weight is 398 g/mol. The van der Waals surface area contributed by atoms with Gasteiger partial charge in [0.05, 0.1) is 23.6 Å². The highest BCUT2D eigenvalue weighted by Gasteiger charge is 2.30. The van der Waals surface area contributed by atoms with Crippen LogP contribution in [-0.4, -0.2) is 39.6 Å². The number of alkyl halides is 1. The quantitative estimate of drug-likeness (QED) is 0.496. The van der Waals surface area contributed by atoms with Gasteiger partial charge in [-0.2, -0.15) is 0 Å². The number of benzene rings is 1. The summed E-state index contributed by atoms with van der Waals surface area (Å²) in [5.74, 6) is -4.48. The van der Waals surface area contributed by atoms with E-state index in [0.29, 0.717) is 11.0 Å². The van der Waals surface area contributed by atoms with Crippen LogP contribution in [-0.2, 0) is 11.3 Å². The first kappa shape index (κ1) is 17.8. The molecule has 3 aromatic rings. The fraction of sp³-hybridized carbons (Fsp3) is 0.222. The Morgan fingerprint density at radius 1 is 1.22 bits per heavy atom. The van der Waals surface area contributed by atoms with E-state index in [2.05, 4.69) is 4.98 Å². The van der Waals surface area contributed by atoms with Crippen molar-refractivity contribution in [1.29, 1.82) is 0 Å². The molecule has 3 heterocycles. The van der Waals surface area contributed by atoms with Crippen LogP contribution >= 0.6 is 11.6 Å². The third kappa shape index (κ3) is 3.03. The molecule has 9 heteroatoms. The molecule has 0 aliphatic carbocycles. The van der Waals surface area contributed by atoms with E-state index < -0.39 is 23.6 Å². The zero-order chi connectivity index (χ0) is 19.3. The van der Waals surface area contributed by atoms with Crippen LogP contribution in [0.25, 0.3) is 22.2 Å². The van der Waals surface area contributed by atoms with Crippen molar-refractivity contribution in [2.45, 2.75) is 12.7 Å². The van der Waals surface area contributed by atoms with Crippen LogP contribution in [0.1, 0.15) is 0 Å². The van der Waals surface area contributed by atoms with Crippen LogP contribution in [0.15, 0.2) is 30.6 Å².